The van der Waals surface area contributed by atoms with Gasteiger partial charge in [-0.15, -0.1) is 0 Å². The lowest BCUT2D eigenvalue weighted by atomic mass is 10.0. The number of imidazole rings is 1. The molecule has 1 saturated heterocycles. The Bertz CT molecular complexity index is 909. The van der Waals surface area contributed by atoms with Crippen LogP contribution in [0.15, 0.2) is 42.7 Å². The number of rotatable bonds is 4. The third-order valence-corrected chi connectivity index (χ3v) is 4.95. The van der Waals surface area contributed by atoms with Crippen LogP contribution in [-0.2, 0) is 11.2 Å². The highest BCUT2D eigenvalue weighted by atomic mass is 19.1. The molecule has 3 heterocycles. The summed E-state index contributed by atoms with van der Waals surface area (Å²) in [7, 11) is 0. The molecule has 4 rings (SSSR count). The van der Waals surface area contributed by atoms with Gasteiger partial charge in [-0.3, -0.25) is 9.78 Å². The third kappa shape index (κ3) is 3.45. The number of aromatic amines is 1. The fourth-order valence-corrected chi connectivity index (χ4v) is 3.61. The molecule has 3 aromatic rings. The number of carbonyl (C=O) groups is 1. The lowest BCUT2D eigenvalue weighted by Gasteiger charge is -2.34. The first-order valence-corrected chi connectivity index (χ1v) is 9.04. The Morgan fingerprint density at radius 1 is 1.31 bits per heavy atom. The molecule has 134 valence electrons. The molecule has 1 fully saturated rings. The number of nitrogens with one attached hydrogen (secondary N) is 1. The van der Waals surface area contributed by atoms with Crippen LogP contribution in [0.5, 0.6) is 0 Å². The number of nitrogens with zero attached hydrogens (tertiary/aromatic N) is 3. The normalized spacial score (nSPS) is 17.6. The van der Waals surface area contributed by atoms with Crippen LogP contribution in [0.25, 0.3) is 11.0 Å². The molecule has 1 aliphatic heterocycles. The molecule has 0 radical (unpaired) electrons. The third-order valence-electron chi connectivity index (χ3n) is 4.95. The molecule has 0 saturated carbocycles. The lowest BCUT2D eigenvalue weighted by molar-refractivity contribution is -0.135. The van der Waals surface area contributed by atoms with E-state index in [2.05, 4.69) is 15.0 Å². The Hall–Kier alpha value is -2.76. The second-order valence-corrected chi connectivity index (χ2v) is 6.74. The molecular weight excluding hydrogens is 331 g/mol. The van der Waals surface area contributed by atoms with Gasteiger partial charge in [0.05, 0.1) is 17.1 Å². The summed E-state index contributed by atoms with van der Waals surface area (Å²) in [5, 5.41) is 0. The zero-order valence-electron chi connectivity index (χ0n) is 14.5. The first-order chi connectivity index (χ1) is 12.7. The maximum absolute atomic E-state index is 13.4. The highest BCUT2D eigenvalue weighted by molar-refractivity contribution is 5.78. The van der Waals surface area contributed by atoms with Crippen molar-refractivity contribution in [2.45, 2.75) is 38.1 Å². The van der Waals surface area contributed by atoms with E-state index in [0.29, 0.717) is 18.4 Å². The van der Waals surface area contributed by atoms with Crippen molar-refractivity contribution >= 4 is 16.9 Å². The van der Waals surface area contributed by atoms with Crippen LogP contribution in [0.2, 0.25) is 0 Å². The van der Waals surface area contributed by atoms with E-state index in [-0.39, 0.29) is 17.8 Å². The number of aryl methyl sites for hydroxylation is 1. The largest absolute Gasteiger partial charge is 0.340 e. The van der Waals surface area contributed by atoms with Gasteiger partial charge in [0.1, 0.15) is 11.6 Å². The number of halogens is 1. The summed E-state index contributed by atoms with van der Waals surface area (Å²) in [6, 6.07) is 8.33. The first kappa shape index (κ1) is 16.7. The number of carbonyl (C=O) groups excluding carboxylic acids is 1. The van der Waals surface area contributed by atoms with Gasteiger partial charge in [-0.05, 0) is 55.5 Å². The summed E-state index contributed by atoms with van der Waals surface area (Å²) in [5.74, 6) is 0.589. The van der Waals surface area contributed by atoms with Crippen molar-refractivity contribution in [3.05, 3.63) is 59.9 Å². The van der Waals surface area contributed by atoms with Crippen molar-refractivity contribution in [3.8, 4) is 0 Å². The van der Waals surface area contributed by atoms with Crippen LogP contribution in [0.3, 0.4) is 0 Å². The van der Waals surface area contributed by atoms with Crippen molar-refractivity contribution in [1.82, 2.24) is 19.9 Å². The average Bonchev–Trinajstić information content (AvgIpc) is 3.10. The number of benzene rings is 1. The lowest BCUT2D eigenvalue weighted by Crippen LogP contribution is -2.39. The van der Waals surface area contributed by atoms with Crippen molar-refractivity contribution < 1.29 is 9.18 Å². The number of hydrogen-bond acceptors (Lipinski definition) is 3. The number of aromatic nitrogens is 3. The van der Waals surface area contributed by atoms with Gasteiger partial charge >= 0.3 is 0 Å². The molecular formula is C20H21FN4O. The molecule has 0 spiro atoms. The van der Waals surface area contributed by atoms with Crippen LogP contribution in [-0.4, -0.2) is 32.3 Å². The Balaban J connectivity index is 1.52. The number of hydrogen-bond donors (Lipinski definition) is 1. The SMILES string of the molecule is O=C(CCc1cccnc1)N1CCCCC1c1nc2ccc(F)cc2[nH]1. The van der Waals surface area contributed by atoms with E-state index in [4.69, 9.17) is 0 Å². The number of fused-ring (bicyclic) bond motifs is 1. The highest BCUT2D eigenvalue weighted by Gasteiger charge is 2.29. The fourth-order valence-electron chi connectivity index (χ4n) is 3.61. The van der Waals surface area contributed by atoms with Gasteiger partial charge in [0.25, 0.3) is 0 Å². The maximum atomic E-state index is 13.4. The maximum Gasteiger partial charge on any atom is 0.223 e. The minimum atomic E-state index is -0.291. The van der Waals surface area contributed by atoms with Gasteiger partial charge in [-0.1, -0.05) is 6.07 Å². The smallest absolute Gasteiger partial charge is 0.223 e. The Labute approximate surface area is 151 Å². The van der Waals surface area contributed by atoms with Crippen molar-refractivity contribution in [3.63, 3.8) is 0 Å². The summed E-state index contributed by atoms with van der Waals surface area (Å²) in [6.45, 7) is 0.738. The first-order valence-electron chi connectivity index (χ1n) is 9.04. The van der Waals surface area contributed by atoms with E-state index in [1.165, 1.54) is 12.1 Å². The highest BCUT2D eigenvalue weighted by Crippen LogP contribution is 2.31. The predicted octanol–water partition coefficient (Wildman–Crippen LogP) is 3.78. The summed E-state index contributed by atoms with van der Waals surface area (Å²) in [4.78, 5) is 26.7. The monoisotopic (exact) mass is 352 g/mol. The number of piperidine rings is 1. The molecule has 1 atom stereocenters. The zero-order chi connectivity index (χ0) is 17.9. The summed E-state index contributed by atoms with van der Waals surface area (Å²) in [5.41, 5.74) is 2.47. The second kappa shape index (κ2) is 7.23. The van der Waals surface area contributed by atoms with Gasteiger partial charge in [-0.25, -0.2) is 9.37 Å². The van der Waals surface area contributed by atoms with Crippen LogP contribution in [0, 0.1) is 5.82 Å². The summed E-state index contributed by atoms with van der Waals surface area (Å²) >= 11 is 0. The van der Waals surface area contributed by atoms with E-state index < -0.39 is 0 Å². The van der Waals surface area contributed by atoms with Crippen molar-refractivity contribution in [2.24, 2.45) is 0 Å². The molecule has 1 amide bonds. The molecule has 0 aliphatic carbocycles. The molecule has 1 aromatic carbocycles. The van der Waals surface area contributed by atoms with Gasteiger partial charge in [-0.2, -0.15) is 0 Å². The minimum Gasteiger partial charge on any atom is -0.340 e. The molecule has 26 heavy (non-hydrogen) atoms. The van der Waals surface area contributed by atoms with Crippen LogP contribution < -0.4 is 0 Å². The van der Waals surface area contributed by atoms with E-state index in [1.54, 1.807) is 18.5 Å². The molecule has 1 unspecified atom stereocenters. The quantitative estimate of drug-likeness (QED) is 0.777. The van der Waals surface area contributed by atoms with Gasteiger partial charge in [0.2, 0.25) is 5.91 Å². The Morgan fingerprint density at radius 2 is 2.23 bits per heavy atom. The van der Waals surface area contributed by atoms with Gasteiger partial charge in [0, 0.05) is 25.4 Å². The molecule has 1 N–H and O–H groups in total. The number of likely N-dealkylation sites (tertiary alicyclic amines) is 1. The predicted molar refractivity (Wildman–Crippen MR) is 96.9 cm³/mol. The molecule has 6 heteroatoms. The molecule has 0 bridgehead atoms. The van der Waals surface area contributed by atoms with Gasteiger partial charge in [0.15, 0.2) is 0 Å². The van der Waals surface area contributed by atoms with Crippen LogP contribution >= 0.6 is 0 Å². The van der Waals surface area contributed by atoms with Crippen molar-refractivity contribution in [2.75, 3.05) is 6.54 Å². The van der Waals surface area contributed by atoms with Crippen molar-refractivity contribution in [1.29, 1.82) is 0 Å². The topological polar surface area (TPSA) is 61.9 Å². The van der Waals surface area contributed by atoms with Gasteiger partial charge < -0.3 is 9.88 Å². The molecule has 2 aromatic heterocycles. The molecule has 5 nitrogen and oxygen atoms in total. The second-order valence-electron chi connectivity index (χ2n) is 6.74. The van der Waals surface area contributed by atoms with Crippen LogP contribution in [0.1, 0.15) is 43.1 Å². The summed E-state index contributed by atoms with van der Waals surface area (Å²) < 4.78 is 13.4. The number of pyridine rings is 1. The fraction of sp³-hybridized carbons (Fsp3) is 0.350. The standard InChI is InChI=1S/C20H21FN4O/c21-15-7-8-16-17(12-15)24-20(23-16)18-5-1-2-11-25(18)19(26)9-6-14-4-3-10-22-13-14/h3-4,7-8,10,12-13,18H,1-2,5-6,9,11H2,(H,23,24). The van der Waals surface area contributed by atoms with E-state index in [9.17, 15) is 9.18 Å². The van der Waals surface area contributed by atoms with E-state index >= 15 is 0 Å². The van der Waals surface area contributed by atoms with E-state index in [1.807, 2.05) is 17.0 Å². The minimum absolute atomic E-state index is 0.0689. The Kier molecular flexibility index (Phi) is 4.65. The average molecular weight is 352 g/mol. The summed E-state index contributed by atoms with van der Waals surface area (Å²) in [6.07, 6.45) is 7.61. The zero-order valence-corrected chi connectivity index (χ0v) is 14.5. The number of H-pyrrole nitrogens is 1. The molecule has 1 aliphatic rings. The Morgan fingerprint density at radius 3 is 3.08 bits per heavy atom. The van der Waals surface area contributed by atoms with Crippen LogP contribution in [0.4, 0.5) is 4.39 Å². The van der Waals surface area contributed by atoms with E-state index in [0.717, 1.165) is 42.7 Å². The number of amides is 1.